The first kappa shape index (κ1) is 18.7. The SMILES string of the molecule is C=C(C)C(=O)OC1(C)CCC(OC(C)(C)C)CC1C(=O)OC. The molecule has 0 spiro atoms. The maximum absolute atomic E-state index is 12.2. The van der Waals surface area contributed by atoms with Crippen LogP contribution in [0.25, 0.3) is 0 Å². The van der Waals surface area contributed by atoms with Gasteiger partial charge in [0.1, 0.15) is 5.60 Å². The maximum atomic E-state index is 12.2. The van der Waals surface area contributed by atoms with Gasteiger partial charge >= 0.3 is 11.9 Å². The van der Waals surface area contributed by atoms with Crippen molar-refractivity contribution < 1.29 is 23.8 Å². The molecule has 0 bridgehead atoms. The van der Waals surface area contributed by atoms with Crippen molar-refractivity contribution in [3.8, 4) is 0 Å². The van der Waals surface area contributed by atoms with Crippen molar-refractivity contribution in [1.29, 1.82) is 0 Å². The van der Waals surface area contributed by atoms with E-state index in [1.54, 1.807) is 13.8 Å². The molecule has 0 heterocycles. The molecule has 1 rings (SSSR count). The van der Waals surface area contributed by atoms with E-state index in [-0.39, 0.29) is 17.7 Å². The Morgan fingerprint density at radius 2 is 1.86 bits per heavy atom. The van der Waals surface area contributed by atoms with Crippen LogP contribution in [0.1, 0.15) is 53.9 Å². The van der Waals surface area contributed by atoms with Crippen molar-refractivity contribution in [3.63, 3.8) is 0 Å². The van der Waals surface area contributed by atoms with Crippen molar-refractivity contribution in [2.24, 2.45) is 5.92 Å². The number of methoxy groups -OCH3 is 1. The van der Waals surface area contributed by atoms with Gasteiger partial charge in [0.2, 0.25) is 0 Å². The van der Waals surface area contributed by atoms with Crippen LogP contribution in [0.5, 0.6) is 0 Å². The predicted molar refractivity (Wildman–Crippen MR) is 83.3 cm³/mol. The van der Waals surface area contributed by atoms with E-state index >= 15 is 0 Å². The number of ether oxygens (including phenoxy) is 3. The van der Waals surface area contributed by atoms with Crippen molar-refractivity contribution in [3.05, 3.63) is 12.2 Å². The minimum absolute atomic E-state index is 0.0549. The zero-order valence-electron chi connectivity index (χ0n) is 14.5. The van der Waals surface area contributed by atoms with Crippen molar-refractivity contribution in [2.45, 2.75) is 71.2 Å². The molecule has 0 aromatic heterocycles. The van der Waals surface area contributed by atoms with Crippen LogP contribution in [0.3, 0.4) is 0 Å². The van der Waals surface area contributed by atoms with Crippen molar-refractivity contribution >= 4 is 11.9 Å². The summed E-state index contributed by atoms with van der Waals surface area (Å²) in [6, 6.07) is 0. The molecule has 0 radical (unpaired) electrons. The Kier molecular flexibility index (Phi) is 5.79. The molecular formula is C17H28O5. The molecule has 1 aliphatic rings. The Morgan fingerprint density at radius 3 is 2.32 bits per heavy atom. The predicted octanol–water partition coefficient (Wildman–Crippen LogP) is 3.02. The quantitative estimate of drug-likeness (QED) is 0.590. The Hall–Kier alpha value is -1.36. The number of esters is 2. The first-order chi connectivity index (χ1) is 9.98. The maximum Gasteiger partial charge on any atom is 0.333 e. The second-order valence-electron chi connectivity index (χ2n) is 7.18. The summed E-state index contributed by atoms with van der Waals surface area (Å²) in [4.78, 5) is 24.0. The number of hydrogen-bond donors (Lipinski definition) is 0. The Balaban J connectivity index is 2.92. The van der Waals surface area contributed by atoms with E-state index in [0.717, 1.165) is 6.42 Å². The lowest BCUT2D eigenvalue weighted by molar-refractivity contribution is -0.186. The normalized spacial score (nSPS) is 28.8. The number of carbonyl (C=O) groups excluding carboxylic acids is 2. The molecule has 5 heteroatoms. The van der Waals surface area contributed by atoms with Gasteiger partial charge < -0.3 is 14.2 Å². The molecule has 0 amide bonds. The molecule has 0 saturated heterocycles. The molecule has 3 unspecified atom stereocenters. The number of carbonyl (C=O) groups is 2. The summed E-state index contributed by atoms with van der Waals surface area (Å²) >= 11 is 0. The molecule has 126 valence electrons. The van der Waals surface area contributed by atoms with E-state index < -0.39 is 17.5 Å². The van der Waals surface area contributed by atoms with E-state index in [2.05, 4.69) is 6.58 Å². The molecule has 0 aliphatic heterocycles. The first-order valence-electron chi connectivity index (χ1n) is 7.63. The highest BCUT2D eigenvalue weighted by Gasteiger charge is 2.48. The van der Waals surface area contributed by atoms with Crippen LogP contribution in [-0.4, -0.2) is 36.4 Å². The molecule has 0 aromatic rings. The van der Waals surface area contributed by atoms with Gasteiger partial charge in [0.05, 0.1) is 24.7 Å². The monoisotopic (exact) mass is 312 g/mol. The highest BCUT2D eigenvalue weighted by molar-refractivity contribution is 5.87. The van der Waals surface area contributed by atoms with Gasteiger partial charge in [-0.15, -0.1) is 0 Å². The van der Waals surface area contributed by atoms with E-state index in [0.29, 0.717) is 18.4 Å². The fraction of sp³-hybridized carbons (Fsp3) is 0.765. The van der Waals surface area contributed by atoms with Crippen LogP contribution in [0.4, 0.5) is 0 Å². The van der Waals surface area contributed by atoms with Crippen molar-refractivity contribution in [1.82, 2.24) is 0 Å². The number of hydrogen-bond acceptors (Lipinski definition) is 5. The largest absolute Gasteiger partial charge is 0.469 e. The van der Waals surface area contributed by atoms with Gasteiger partial charge in [-0.25, -0.2) is 4.79 Å². The van der Waals surface area contributed by atoms with E-state index in [1.165, 1.54) is 7.11 Å². The third kappa shape index (κ3) is 4.83. The molecule has 0 N–H and O–H groups in total. The second kappa shape index (κ2) is 6.82. The zero-order chi connectivity index (χ0) is 17.1. The number of rotatable bonds is 4. The third-order valence-corrected chi connectivity index (χ3v) is 3.88. The molecule has 1 fully saturated rings. The Labute approximate surface area is 133 Å². The lowest BCUT2D eigenvalue weighted by Crippen LogP contribution is -2.50. The highest BCUT2D eigenvalue weighted by atomic mass is 16.6. The second-order valence-corrected chi connectivity index (χ2v) is 7.18. The van der Waals surface area contributed by atoms with Crippen LogP contribution < -0.4 is 0 Å². The molecule has 3 atom stereocenters. The van der Waals surface area contributed by atoms with E-state index in [9.17, 15) is 9.59 Å². The Morgan fingerprint density at radius 1 is 1.27 bits per heavy atom. The summed E-state index contributed by atoms with van der Waals surface area (Å²) in [5.41, 5.74) is -0.855. The summed E-state index contributed by atoms with van der Waals surface area (Å²) < 4.78 is 16.4. The molecule has 1 aliphatic carbocycles. The van der Waals surface area contributed by atoms with Crippen LogP contribution in [-0.2, 0) is 23.8 Å². The first-order valence-corrected chi connectivity index (χ1v) is 7.63. The van der Waals surface area contributed by atoms with Gasteiger partial charge in [-0.3, -0.25) is 4.79 Å². The van der Waals surface area contributed by atoms with Gasteiger partial charge in [0.15, 0.2) is 0 Å². The van der Waals surface area contributed by atoms with Gasteiger partial charge in [-0.1, -0.05) is 6.58 Å². The van der Waals surface area contributed by atoms with Crippen LogP contribution in [0.15, 0.2) is 12.2 Å². The van der Waals surface area contributed by atoms with E-state index in [4.69, 9.17) is 14.2 Å². The fourth-order valence-corrected chi connectivity index (χ4v) is 2.77. The van der Waals surface area contributed by atoms with Crippen molar-refractivity contribution in [2.75, 3.05) is 7.11 Å². The summed E-state index contributed by atoms with van der Waals surface area (Å²) in [6.45, 7) is 12.9. The lowest BCUT2D eigenvalue weighted by Gasteiger charge is -2.43. The minimum Gasteiger partial charge on any atom is -0.469 e. The fourth-order valence-electron chi connectivity index (χ4n) is 2.77. The molecule has 0 aromatic carbocycles. The van der Waals surface area contributed by atoms with Gasteiger partial charge in [0, 0.05) is 5.57 Å². The van der Waals surface area contributed by atoms with E-state index in [1.807, 2.05) is 20.8 Å². The molecular weight excluding hydrogens is 284 g/mol. The topological polar surface area (TPSA) is 61.8 Å². The minimum atomic E-state index is -0.888. The van der Waals surface area contributed by atoms with Gasteiger partial charge in [0.25, 0.3) is 0 Å². The smallest absolute Gasteiger partial charge is 0.333 e. The standard InChI is InChI=1S/C17H28O5/c1-11(2)14(18)22-17(6)9-8-12(21-16(3,4)5)10-13(17)15(19)20-7/h12-13H,1,8-10H2,2-7H3. The summed E-state index contributed by atoms with van der Waals surface area (Å²) in [5, 5.41) is 0. The Bertz CT molecular complexity index is 448. The molecule has 22 heavy (non-hydrogen) atoms. The highest BCUT2D eigenvalue weighted by Crippen LogP contribution is 2.40. The van der Waals surface area contributed by atoms with Crippen LogP contribution >= 0.6 is 0 Å². The molecule has 5 nitrogen and oxygen atoms in total. The van der Waals surface area contributed by atoms with Gasteiger partial charge in [-0.2, -0.15) is 0 Å². The average molecular weight is 312 g/mol. The average Bonchev–Trinajstić information content (AvgIpc) is 2.38. The summed E-state index contributed by atoms with van der Waals surface area (Å²) in [5.74, 6) is -1.40. The van der Waals surface area contributed by atoms with Crippen LogP contribution in [0, 0.1) is 5.92 Å². The molecule has 1 saturated carbocycles. The third-order valence-electron chi connectivity index (χ3n) is 3.88. The van der Waals surface area contributed by atoms with Gasteiger partial charge in [-0.05, 0) is 53.9 Å². The lowest BCUT2D eigenvalue weighted by atomic mass is 9.74. The summed E-state index contributed by atoms with van der Waals surface area (Å²) in [7, 11) is 1.34. The summed E-state index contributed by atoms with van der Waals surface area (Å²) in [6.07, 6.45) is 1.70. The van der Waals surface area contributed by atoms with Crippen LogP contribution in [0.2, 0.25) is 0 Å². The zero-order valence-corrected chi connectivity index (χ0v) is 14.5.